The molecule has 0 saturated carbocycles. The van der Waals surface area contributed by atoms with Gasteiger partial charge in [0.2, 0.25) is 11.8 Å². The van der Waals surface area contributed by atoms with Crippen LogP contribution in [0, 0.1) is 0 Å². The number of hydrogen-bond donors (Lipinski definition) is 2. The summed E-state index contributed by atoms with van der Waals surface area (Å²) in [4.78, 5) is 26.2. The molecule has 1 heterocycles. The standard InChI is InChI=1S/C15H19Cl2N3O2/c1-9(18)5-14(21)20-4-2-3-13(20)15(22)19-12-7-10(16)6-11(17)8-12/h6-9,13H,2-5,18H2,1H3,(H,19,22). The van der Waals surface area contributed by atoms with Crippen molar-refractivity contribution >= 4 is 40.7 Å². The molecule has 1 aliphatic rings. The van der Waals surface area contributed by atoms with E-state index in [2.05, 4.69) is 5.32 Å². The molecule has 1 aliphatic heterocycles. The van der Waals surface area contributed by atoms with Crippen molar-refractivity contribution in [1.82, 2.24) is 4.90 Å². The Balaban J connectivity index is 2.06. The average Bonchev–Trinajstić information content (AvgIpc) is 2.85. The number of amides is 2. The summed E-state index contributed by atoms with van der Waals surface area (Å²) in [6.07, 6.45) is 1.69. The number of likely N-dealkylation sites (tertiary alicyclic amines) is 1. The lowest BCUT2D eigenvalue weighted by atomic mass is 10.1. The van der Waals surface area contributed by atoms with Gasteiger partial charge in [0, 0.05) is 34.7 Å². The van der Waals surface area contributed by atoms with Crippen molar-refractivity contribution in [2.75, 3.05) is 11.9 Å². The molecule has 3 N–H and O–H groups in total. The molecule has 1 aromatic carbocycles. The quantitative estimate of drug-likeness (QED) is 0.882. The summed E-state index contributed by atoms with van der Waals surface area (Å²) in [6, 6.07) is 4.14. The van der Waals surface area contributed by atoms with Crippen LogP contribution in [0.1, 0.15) is 26.2 Å². The molecule has 0 bridgehead atoms. The van der Waals surface area contributed by atoms with Crippen molar-refractivity contribution < 1.29 is 9.59 Å². The second kappa shape index (κ2) is 7.31. The lowest BCUT2D eigenvalue weighted by Gasteiger charge is -2.24. The molecular weight excluding hydrogens is 325 g/mol. The van der Waals surface area contributed by atoms with Gasteiger partial charge >= 0.3 is 0 Å². The first-order valence-electron chi connectivity index (χ1n) is 7.19. The van der Waals surface area contributed by atoms with E-state index in [0.717, 1.165) is 6.42 Å². The van der Waals surface area contributed by atoms with Gasteiger partial charge in [-0.1, -0.05) is 23.2 Å². The zero-order valence-corrected chi connectivity index (χ0v) is 13.8. The van der Waals surface area contributed by atoms with Crippen LogP contribution in [0.2, 0.25) is 10.0 Å². The number of hydrogen-bond acceptors (Lipinski definition) is 3. The molecule has 1 saturated heterocycles. The molecule has 0 aliphatic carbocycles. The van der Waals surface area contributed by atoms with Gasteiger partial charge in [-0.25, -0.2) is 0 Å². The minimum absolute atomic E-state index is 0.0863. The molecule has 5 nitrogen and oxygen atoms in total. The van der Waals surface area contributed by atoms with Crippen LogP contribution >= 0.6 is 23.2 Å². The fourth-order valence-electron chi connectivity index (χ4n) is 2.58. The topological polar surface area (TPSA) is 75.4 Å². The molecule has 120 valence electrons. The summed E-state index contributed by atoms with van der Waals surface area (Å²) in [5, 5.41) is 3.66. The number of carbonyl (C=O) groups is 2. The number of nitrogens with two attached hydrogens (primary N) is 1. The molecule has 0 aromatic heterocycles. The molecule has 22 heavy (non-hydrogen) atoms. The molecule has 1 aromatic rings. The molecule has 0 radical (unpaired) electrons. The number of halogens is 2. The predicted octanol–water partition coefficient (Wildman–Crippen LogP) is 2.66. The van der Waals surface area contributed by atoms with E-state index in [0.29, 0.717) is 28.7 Å². The van der Waals surface area contributed by atoms with Crippen LogP contribution in [0.4, 0.5) is 5.69 Å². The van der Waals surface area contributed by atoms with Crippen molar-refractivity contribution in [3.63, 3.8) is 0 Å². The third-order valence-electron chi connectivity index (χ3n) is 3.50. The first kappa shape index (κ1) is 17.1. The normalized spacial score (nSPS) is 19.1. The molecular formula is C15H19Cl2N3O2. The Kier molecular flexibility index (Phi) is 5.67. The summed E-state index contributed by atoms with van der Waals surface area (Å²) in [5.41, 5.74) is 6.18. The van der Waals surface area contributed by atoms with Gasteiger partial charge in [0.1, 0.15) is 6.04 Å². The minimum atomic E-state index is -0.469. The Morgan fingerprint density at radius 1 is 1.36 bits per heavy atom. The molecule has 2 atom stereocenters. The third-order valence-corrected chi connectivity index (χ3v) is 3.94. The number of nitrogens with one attached hydrogen (secondary N) is 1. The third kappa shape index (κ3) is 4.35. The van der Waals surface area contributed by atoms with Gasteiger partial charge in [-0.2, -0.15) is 0 Å². The van der Waals surface area contributed by atoms with E-state index < -0.39 is 6.04 Å². The Hall–Kier alpha value is -1.30. The van der Waals surface area contributed by atoms with Crippen molar-refractivity contribution in [1.29, 1.82) is 0 Å². The average molecular weight is 344 g/mol. The highest BCUT2D eigenvalue weighted by Crippen LogP contribution is 2.24. The molecule has 2 amide bonds. The monoisotopic (exact) mass is 343 g/mol. The molecule has 7 heteroatoms. The fourth-order valence-corrected chi connectivity index (χ4v) is 3.11. The lowest BCUT2D eigenvalue weighted by molar-refractivity contribution is -0.136. The van der Waals surface area contributed by atoms with Gasteiger partial charge in [0.05, 0.1) is 0 Å². The van der Waals surface area contributed by atoms with Crippen LogP contribution in [0.5, 0.6) is 0 Å². The Morgan fingerprint density at radius 3 is 2.59 bits per heavy atom. The number of carbonyl (C=O) groups excluding carboxylic acids is 2. The van der Waals surface area contributed by atoms with Gasteiger partial charge in [-0.15, -0.1) is 0 Å². The van der Waals surface area contributed by atoms with E-state index in [1.165, 1.54) is 0 Å². The number of rotatable bonds is 4. The van der Waals surface area contributed by atoms with Crippen LogP contribution in [-0.4, -0.2) is 35.3 Å². The summed E-state index contributed by atoms with van der Waals surface area (Å²) < 4.78 is 0. The first-order chi connectivity index (χ1) is 10.4. The smallest absolute Gasteiger partial charge is 0.247 e. The van der Waals surface area contributed by atoms with E-state index in [-0.39, 0.29) is 24.3 Å². The predicted molar refractivity (Wildman–Crippen MR) is 88.1 cm³/mol. The van der Waals surface area contributed by atoms with E-state index in [1.807, 2.05) is 0 Å². The SMILES string of the molecule is CC(N)CC(=O)N1CCCC1C(=O)Nc1cc(Cl)cc(Cl)c1. The summed E-state index contributed by atoms with van der Waals surface area (Å²) in [6.45, 7) is 2.36. The van der Waals surface area contributed by atoms with Crippen LogP contribution in [-0.2, 0) is 9.59 Å². The molecule has 2 unspecified atom stereocenters. The van der Waals surface area contributed by atoms with Gasteiger partial charge in [-0.05, 0) is 38.0 Å². The number of anilines is 1. The van der Waals surface area contributed by atoms with E-state index in [4.69, 9.17) is 28.9 Å². The van der Waals surface area contributed by atoms with Crippen LogP contribution in [0.3, 0.4) is 0 Å². The summed E-state index contributed by atoms with van der Waals surface area (Å²) in [7, 11) is 0. The maximum atomic E-state index is 12.4. The summed E-state index contributed by atoms with van der Waals surface area (Å²) in [5.74, 6) is -0.314. The van der Waals surface area contributed by atoms with E-state index >= 15 is 0 Å². The van der Waals surface area contributed by atoms with Crippen molar-refractivity contribution in [2.24, 2.45) is 5.73 Å². The van der Waals surface area contributed by atoms with Crippen LogP contribution in [0.15, 0.2) is 18.2 Å². The summed E-state index contributed by atoms with van der Waals surface area (Å²) >= 11 is 11.8. The fraction of sp³-hybridized carbons (Fsp3) is 0.467. The number of benzene rings is 1. The second-order valence-corrected chi connectivity index (χ2v) is 6.45. The van der Waals surface area contributed by atoms with Gasteiger partial charge < -0.3 is 16.0 Å². The second-order valence-electron chi connectivity index (χ2n) is 5.57. The van der Waals surface area contributed by atoms with Crippen LogP contribution < -0.4 is 11.1 Å². The van der Waals surface area contributed by atoms with Crippen molar-refractivity contribution in [2.45, 2.75) is 38.3 Å². The zero-order chi connectivity index (χ0) is 16.3. The Bertz CT molecular complexity index is 558. The maximum Gasteiger partial charge on any atom is 0.247 e. The van der Waals surface area contributed by atoms with E-state index in [9.17, 15) is 9.59 Å². The lowest BCUT2D eigenvalue weighted by Crippen LogP contribution is -2.44. The highest BCUT2D eigenvalue weighted by Gasteiger charge is 2.34. The first-order valence-corrected chi connectivity index (χ1v) is 7.94. The number of nitrogens with zero attached hydrogens (tertiary/aromatic N) is 1. The molecule has 1 fully saturated rings. The van der Waals surface area contributed by atoms with Crippen LogP contribution in [0.25, 0.3) is 0 Å². The highest BCUT2D eigenvalue weighted by atomic mass is 35.5. The van der Waals surface area contributed by atoms with Gasteiger partial charge in [0.15, 0.2) is 0 Å². The van der Waals surface area contributed by atoms with Crippen molar-refractivity contribution in [3.05, 3.63) is 28.2 Å². The maximum absolute atomic E-state index is 12.4. The molecule has 0 spiro atoms. The Morgan fingerprint density at radius 2 is 2.00 bits per heavy atom. The Labute approximate surface area is 139 Å². The van der Waals surface area contributed by atoms with Gasteiger partial charge in [0.25, 0.3) is 0 Å². The minimum Gasteiger partial charge on any atom is -0.331 e. The highest BCUT2D eigenvalue weighted by molar-refractivity contribution is 6.35. The molecule has 2 rings (SSSR count). The van der Waals surface area contributed by atoms with E-state index in [1.54, 1.807) is 30.0 Å². The van der Waals surface area contributed by atoms with Crippen molar-refractivity contribution in [3.8, 4) is 0 Å². The zero-order valence-electron chi connectivity index (χ0n) is 12.3. The van der Waals surface area contributed by atoms with Gasteiger partial charge in [-0.3, -0.25) is 9.59 Å². The largest absolute Gasteiger partial charge is 0.331 e.